The Labute approximate surface area is 120 Å². The van der Waals surface area contributed by atoms with E-state index in [1.54, 1.807) is 18.2 Å². The van der Waals surface area contributed by atoms with E-state index < -0.39 is 10.0 Å². The van der Waals surface area contributed by atoms with Crippen LogP contribution in [0.3, 0.4) is 0 Å². The Morgan fingerprint density at radius 1 is 1.56 bits per heavy atom. The molecule has 1 heterocycles. The van der Waals surface area contributed by atoms with Gasteiger partial charge < -0.3 is 5.73 Å². The van der Waals surface area contributed by atoms with Crippen molar-refractivity contribution < 1.29 is 8.42 Å². The highest BCUT2D eigenvalue weighted by Crippen LogP contribution is 2.33. The molecule has 1 aliphatic heterocycles. The minimum absolute atomic E-state index is 0.136. The molecule has 0 saturated carbocycles. The predicted molar refractivity (Wildman–Crippen MR) is 80.3 cm³/mol. The second kappa shape index (κ2) is 4.79. The number of rotatable bonds is 2. The summed E-state index contributed by atoms with van der Waals surface area (Å²) < 4.78 is 26.1. The van der Waals surface area contributed by atoms with Crippen LogP contribution >= 0.6 is 28.1 Å². The van der Waals surface area contributed by atoms with Gasteiger partial charge in [0.05, 0.1) is 11.4 Å². The van der Waals surface area contributed by atoms with Crippen molar-refractivity contribution in [1.29, 1.82) is 0 Å². The average molecular weight is 349 g/mol. The van der Waals surface area contributed by atoms with Gasteiger partial charge in [-0.3, -0.25) is 4.31 Å². The molecule has 1 unspecified atom stereocenters. The topological polar surface area (TPSA) is 63.4 Å². The molecule has 0 amide bonds. The molecule has 98 valence electrons. The Bertz CT molecular complexity index is 601. The van der Waals surface area contributed by atoms with Gasteiger partial charge >= 0.3 is 0 Å². The van der Waals surface area contributed by atoms with Crippen LogP contribution in [0, 0.1) is 5.92 Å². The monoisotopic (exact) mass is 348 g/mol. The lowest BCUT2D eigenvalue weighted by Gasteiger charge is -2.19. The molecule has 1 aromatic carbocycles. The van der Waals surface area contributed by atoms with Crippen molar-refractivity contribution in [3.05, 3.63) is 28.2 Å². The van der Waals surface area contributed by atoms with Gasteiger partial charge in [0.1, 0.15) is 4.99 Å². The van der Waals surface area contributed by atoms with Crippen LogP contribution in [0.1, 0.15) is 12.5 Å². The first-order valence-electron chi connectivity index (χ1n) is 5.41. The molecule has 1 atom stereocenters. The van der Waals surface area contributed by atoms with Crippen LogP contribution in [0.25, 0.3) is 0 Å². The van der Waals surface area contributed by atoms with Crippen LogP contribution in [0.15, 0.2) is 22.7 Å². The Morgan fingerprint density at radius 2 is 2.22 bits per heavy atom. The molecule has 0 aromatic heterocycles. The third-order valence-corrected chi connectivity index (χ3v) is 5.69. The average Bonchev–Trinajstić information content (AvgIpc) is 2.51. The molecular weight excluding hydrogens is 336 g/mol. The zero-order valence-corrected chi connectivity index (χ0v) is 13.0. The highest BCUT2D eigenvalue weighted by atomic mass is 79.9. The maximum Gasteiger partial charge on any atom is 0.235 e. The van der Waals surface area contributed by atoms with Gasteiger partial charge in [0.25, 0.3) is 0 Å². The van der Waals surface area contributed by atoms with E-state index in [2.05, 4.69) is 15.9 Å². The van der Waals surface area contributed by atoms with Crippen LogP contribution in [0.2, 0.25) is 0 Å². The maximum absolute atomic E-state index is 12.0. The van der Waals surface area contributed by atoms with Gasteiger partial charge in [-0.25, -0.2) is 8.42 Å². The standard InChI is InChI=1S/C11H13BrN2O2S2/c1-7-5-14(18(15,16)6-7)10-3-2-8(11(13)17)4-9(10)12/h2-4,7H,5-6H2,1H3,(H2,13,17). The Morgan fingerprint density at radius 3 is 2.67 bits per heavy atom. The van der Waals surface area contributed by atoms with Crippen LogP contribution < -0.4 is 10.0 Å². The van der Waals surface area contributed by atoms with Crippen molar-refractivity contribution in [2.45, 2.75) is 6.92 Å². The molecule has 1 aromatic rings. The number of hydrogen-bond donors (Lipinski definition) is 1. The van der Waals surface area contributed by atoms with Gasteiger partial charge in [0.15, 0.2) is 0 Å². The normalized spacial score (nSPS) is 22.1. The third kappa shape index (κ3) is 2.53. The summed E-state index contributed by atoms with van der Waals surface area (Å²) in [7, 11) is -3.21. The number of thiocarbonyl (C=S) groups is 1. The quantitative estimate of drug-likeness (QED) is 0.828. The summed E-state index contributed by atoms with van der Waals surface area (Å²) in [6.45, 7) is 2.43. The first kappa shape index (κ1) is 13.8. The Kier molecular flexibility index (Phi) is 3.66. The summed E-state index contributed by atoms with van der Waals surface area (Å²) in [5.41, 5.74) is 6.89. The highest BCUT2D eigenvalue weighted by Gasteiger charge is 2.34. The minimum atomic E-state index is -3.21. The lowest BCUT2D eigenvalue weighted by Crippen LogP contribution is -2.25. The number of nitrogens with two attached hydrogens (primary N) is 1. The molecule has 0 bridgehead atoms. The predicted octanol–water partition coefficient (Wildman–Crippen LogP) is 1.87. The summed E-state index contributed by atoms with van der Waals surface area (Å²) in [5, 5.41) is 0. The molecule has 1 fully saturated rings. The molecule has 0 aliphatic carbocycles. The van der Waals surface area contributed by atoms with E-state index in [0.717, 1.165) is 0 Å². The van der Waals surface area contributed by atoms with Gasteiger partial charge in [-0.15, -0.1) is 0 Å². The number of nitrogens with zero attached hydrogens (tertiary/aromatic N) is 1. The lowest BCUT2D eigenvalue weighted by atomic mass is 10.2. The van der Waals surface area contributed by atoms with Crippen molar-refractivity contribution in [2.24, 2.45) is 11.7 Å². The van der Waals surface area contributed by atoms with Crippen LogP contribution in [-0.4, -0.2) is 25.7 Å². The van der Waals surface area contributed by atoms with Gasteiger partial charge in [-0.05, 0) is 40.0 Å². The SMILES string of the molecule is CC1CN(c2ccc(C(N)=S)cc2Br)S(=O)(=O)C1. The summed E-state index contributed by atoms with van der Waals surface area (Å²) in [6.07, 6.45) is 0. The van der Waals surface area contributed by atoms with Gasteiger partial charge in [0.2, 0.25) is 10.0 Å². The van der Waals surface area contributed by atoms with Crippen LogP contribution in [0.5, 0.6) is 0 Å². The molecule has 2 N–H and O–H groups in total. The van der Waals surface area contributed by atoms with Crippen LogP contribution in [0.4, 0.5) is 5.69 Å². The van der Waals surface area contributed by atoms with Gasteiger partial charge in [0, 0.05) is 16.6 Å². The van der Waals surface area contributed by atoms with E-state index in [-0.39, 0.29) is 11.7 Å². The number of halogens is 1. The van der Waals surface area contributed by atoms with Crippen molar-refractivity contribution in [3.63, 3.8) is 0 Å². The molecule has 4 nitrogen and oxygen atoms in total. The summed E-state index contributed by atoms with van der Waals surface area (Å²) in [5.74, 6) is 0.327. The molecule has 2 rings (SSSR count). The van der Waals surface area contributed by atoms with E-state index in [4.69, 9.17) is 18.0 Å². The molecule has 0 radical (unpaired) electrons. The van der Waals surface area contributed by atoms with Crippen molar-refractivity contribution in [3.8, 4) is 0 Å². The highest BCUT2D eigenvalue weighted by molar-refractivity contribution is 9.10. The van der Waals surface area contributed by atoms with Crippen molar-refractivity contribution in [1.82, 2.24) is 0 Å². The first-order valence-corrected chi connectivity index (χ1v) is 8.22. The molecule has 18 heavy (non-hydrogen) atoms. The summed E-state index contributed by atoms with van der Waals surface area (Å²) >= 11 is 8.26. The molecule has 7 heteroatoms. The Hall–Kier alpha value is -0.660. The molecule has 0 spiro atoms. The molecule has 1 aliphatic rings. The van der Waals surface area contributed by atoms with Gasteiger partial charge in [-0.2, -0.15) is 0 Å². The van der Waals surface area contributed by atoms with E-state index in [9.17, 15) is 8.42 Å². The van der Waals surface area contributed by atoms with E-state index in [1.165, 1.54) is 4.31 Å². The summed E-state index contributed by atoms with van der Waals surface area (Å²) in [4.78, 5) is 0.292. The fourth-order valence-electron chi connectivity index (χ4n) is 2.01. The number of benzene rings is 1. The molecule has 1 saturated heterocycles. The fourth-order valence-corrected chi connectivity index (χ4v) is 4.79. The fraction of sp³-hybridized carbons (Fsp3) is 0.364. The minimum Gasteiger partial charge on any atom is -0.389 e. The largest absolute Gasteiger partial charge is 0.389 e. The zero-order valence-electron chi connectivity index (χ0n) is 9.76. The van der Waals surface area contributed by atoms with E-state index in [1.807, 2.05) is 6.92 Å². The van der Waals surface area contributed by atoms with Crippen LogP contribution in [-0.2, 0) is 10.0 Å². The Balaban J connectivity index is 2.44. The second-order valence-electron chi connectivity index (χ2n) is 4.45. The zero-order chi connectivity index (χ0) is 13.5. The van der Waals surface area contributed by atoms with E-state index in [0.29, 0.717) is 27.3 Å². The number of hydrogen-bond acceptors (Lipinski definition) is 3. The van der Waals surface area contributed by atoms with Gasteiger partial charge in [-0.1, -0.05) is 19.1 Å². The van der Waals surface area contributed by atoms with Crippen molar-refractivity contribution in [2.75, 3.05) is 16.6 Å². The number of anilines is 1. The first-order chi connectivity index (χ1) is 8.31. The summed E-state index contributed by atoms with van der Waals surface area (Å²) in [6, 6.07) is 5.21. The lowest BCUT2D eigenvalue weighted by molar-refractivity contribution is 0.598. The third-order valence-electron chi connectivity index (χ3n) is 2.81. The smallest absolute Gasteiger partial charge is 0.235 e. The van der Waals surface area contributed by atoms with Crippen molar-refractivity contribution >= 4 is 48.8 Å². The maximum atomic E-state index is 12.0. The number of sulfonamides is 1. The molecular formula is C11H13BrN2O2S2. The second-order valence-corrected chi connectivity index (χ2v) is 7.68. The van der Waals surface area contributed by atoms with E-state index >= 15 is 0 Å².